The maximum Gasteiger partial charge on any atom is 0.273 e. The zero-order chi connectivity index (χ0) is 13.9. The Morgan fingerprint density at radius 2 is 2.15 bits per heavy atom. The monoisotopic (exact) mass is 271 g/mol. The fraction of sp³-hybridized carbons (Fsp3) is 0.357. The fourth-order valence-corrected chi connectivity index (χ4v) is 2.12. The molecule has 2 N–H and O–H groups in total. The maximum atomic E-state index is 12.1. The van der Waals surface area contributed by atoms with Crippen molar-refractivity contribution in [3.63, 3.8) is 0 Å². The van der Waals surface area contributed by atoms with Crippen molar-refractivity contribution in [3.8, 4) is 0 Å². The SMILES string of the molecule is C[C@H](NC(=O)c1cn(C2CNC2)nn1)c1ccccc1. The molecule has 2 heterocycles. The normalized spacial score (nSPS) is 16.4. The number of aromatic nitrogens is 3. The third-order valence-electron chi connectivity index (χ3n) is 3.52. The molecular weight excluding hydrogens is 254 g/mol. The summed E-state index contributed by atoms with van der Waals surface area (Å²) in [6.45, 7) is 3.71. The Morgan fingerprint density at radius 3 is 2.80 bits per heavy atom. The summed E-state index contributed by atoms with van der Waals surface area (Å²) in [6.07, 6.45) is 1.71. The molecule has 0 saturated carbocycles. The number of rotatable bonds is 4. The zero-order valence-corrected chi connectivity index (χ0v) is 11.3. The first-order valence-corrected chi connectivity index (χ1v) is 6.72. The first-order chi connectivity index (χ1) is 9.74. The summed E-state index contributed by atoms with van der Waals surface area (Å²) < 4.78 is 1.75. The largest absolute Gasteiger partial charge is 0.344 e. The second-order valence-electron chi connectivity index (χ2n) is 5.00. The van der Waals surface area contributed by atoms with Gasteiger partial charge in [0, 0.05) is 13.1 Å². The lowest BCUT2D eigenvalue weighted by Crippen LogP contribution is -2.43. The van der Waals surface area contributed by atoms with Crippen LogP contribution >= 0.6 is 0 Å². The molecule has 1 saturated heterocycles. The van der Waals surface area contributed by atoms with E-state index in [-0.39, 0.29) is 11.9 Å². The molecule has 1 aromatic carbocycles. The molecule has 1 aliphatic heterocycles. The van der Waals surface area contributed by atoms with Crippen LogP contribution in [0.3, 0.4) is 0 Å². The topological polar surface area (TPSA) is 71.8 Å². The van der Waals surface area contributed by atoms with E-state index >= 15 is 0 Å². The molecule has 3 rings (SSSR count). The van der Waals surface area contributed by atoms with Crippen LogP contribution in [0.25, 0.3) is 0 Å². The fourth-order valence-electron chi connectivity index (χ4n) is 2.12. The molecule has 0 aliphatic carbocycles. The summed E-state index contributed by atoms with van der Waals surface area (Å²) in [5.41, 5.74) is 1.43. The highest BCUT2D eigenvalue weighted by Gasteiger charge is 2.22. The molecule has 0 radical (unpaired) electrons. The molecule has 1 aliphatic rings. The highest BCUT2D eigenvalue weighted by Crippen LogP contribution is 2.13. The molecule has 20 heavy (non-hydrogen) atoms. The molecule has 104 valence electrons. The third-order valence-corrected chi connectivity index (χ3v) is 3.52. The lowest BCUT2D eigenvalue weighted by molar-refractivity contribution is 0.0934. The second kappa shape index (κ2) is 5.42. The Labute approximate surface area is 117 Å². The van der Waals surface area contributed by atoms with Gasteiger partial charge in [-0.1, -0.05) is 35.5 Å². The molecule has 0 bridgehead atoms. The van der Waals surface area contributed by atoms with Crippen LogP contribution in [0.2, 0.25) is 0 Å². The Hall–Kier alpha value is -2.21. The molecule has 1 aromatic heterocycles. The lowest BCUT2D eigenvalue weighted by Gasteiger charge is -2.26. The number of hydrogen-bond acceptors (Lipinski definition) is 4. The van der Waals surface area contributed by atoms with E-state index in [0.29, 0.717) is 11.7 Å². The number of hydrogen-bond donors (Lipinski definition) is 2. The summed E-state index contributed by atoms with van der Waals surface area (Å²) in [5.74, 6) is -0.195. The minimum Gasteiger partial charge on any atom is -0.344 e. The van der Waals surface area contributed by atoms with Gasteiger partial charge in [-0.2, -0.15) is 0 Å². The minimum atomic E-state index is -0.195. The average Bonchev–Trinajstić information content (AvgIpc) is 2.87. The number of carbonyl (C=O) groups is 1. The molecule has 1 fully saturated rings. The molecule has 1 atom stereocenters. The van der Waals surface area contributed by atoms with Crippen molar-refractivity contribution in [3.05, 3.63) is 47.8 Å². The predicted octanol–water partition coefficient (Wildman–Crippen LogP) is 0.913. The first kappa shape index (κ1) is 12.8. The number of nitrogens with zero attached hydrogens (tertiary/aromatic N) is 3. The quantitative estimate of drug-likeness (QED) is 0.867. The number of carbonyl (C=O) groups excluding carboxylic acids is 1. The summed E-state index contributed by atoms with van der Waals surface area (Å²) in [5, 5.41) is 14.0. The van der Waals surface area contributed by atoms with Crippen LogP contribution in [0.5, 0.6) is 0 Å². The van der Waals surface area contributed by atoms with Gasteiger partial charge in [0.05, 0.1) is 18.3 Å². The van der Waals surface area contributed by atoms with Crippen LogP contribution in [0.15, 0.2) is 36.5 Å². The molecule has 1 amide bonds. The van der Waals surface area contributed by atoms with E-state index in [4.69, 9.17) is 0 Å². The van der Waals surface area contributed by atoms with Gasteiger partial charge >= 0.3 is 0 Å². The Bertz CT molecular complexity index is 591. The summed E-state index contributed by atoms with van der Waals surface area (Å²) in [4.78, 5) is 12.1. The van der Waals surface area contributed by atoms with E-state index in [1.165, 1.54) is 0 Å². The van der Waals surface area contributed by atoms with E-state index in [1.807, 2.05) is 37.3 Å². The van der Waals surface area contributed by atoms with Gasteiger partial charge < -0.3 is 10.6 Å². The van der Waals surface area contributed by atoms with Gasteiger partial charge in [0.25, 0.3) is 5.91 Å². The number of nitrogens with one attached hydrogen (secondary N) is 2. The van der Waals surface area contributed by atoms with Crippen LogP contribution in [-0.4, -0.2) is 34.0 Å². The molecular formula is C14H17N5O. The van der Waals surface area contributed by atoms with Gasteiger partial charge in [0.1, 0.15) is 0 Å². The first-order valence-electron chi connectivity index (χ1n) is 6.72. The van der Waals surface area contributed by atoms with Gasteiger partial charge in [-0.15, -0.1) is 5.10 Å². The average molecular weight is 271 g/mol. The number of benzene rings is 1. The maximum absolute atomic E-state index is 12.1. The standard InChI is InChI=1S/C14H17N5O/c1-10(11-5-3-2-4-6-11)16-14(20)13-9-19(18-17-13)12-7-15-8-12/h2-6,9-10,12,15H,7-8H2,1H3,(H,16,20)/t10-/m0/s1. The van der Waals surface area contributed by atoms with Gasteiger partial charge in [-0.25, -0.2) is 4.68 Å². The van der Waals surface area contributed by atoms with Crippen LogP contribution < -0.4 is 10.6 Å². The van der Waals surface area contributed by atoms with Crippen molar-refractivity contribution < 1.29 is 4.79 Å². The van der Waals surface area contributed by atoms with Crippen molar-refractivity contribution in [2.24, 2.45) is 0 Å². The van der Waals surface area contributed by atoms with Crippen LogP contribution in [0, 0.1) is 0 Å². The highest BCUT2D eigenvalue weighted by molar-refractivity contribution is 5.92. The van der Waals surface area contributed by atoms with Crippen molar-refractivity contribution in [1.29, 1.82) is 0 Å². The van der Waals surface area contributed by atoms with Crippen molar-refractivity contribution >= 4 is 5.91 Å². The van der Waals surface area contributed by atoms with E-state index in [2.05, 4.69) is 20.9 Å². The Kier molecular flexibility index (Phi) is 3.47. The summed E-state index contributed by atoms with van der Waals surface area (Å²) >= 11 is 0. The minimum absolute atomic E-state index is 0.0563. The summed E-state index contributed by atoms with van der Waals surface area (Å²) in [7, 11) is 0. The van der Waals surface area contributed by atoms with Gasteiger partial charge in [0.15, 0.2) is 5.69 Å². The van der Waals surface area contributed by atoms with Crippen LogP contribution in [-0.2, 0) is 0 Å². The van der Waals surface area contributed by atoms with Crippen molar-refractivity contribution in [2.45, 2.75) is 19.0 Å². The van der Waals surface area contributed by atoms with E-state index in [9.17, 15) is 4.79 Å². The Morgan fingerprint density at radius 1 is 1.40 bits per heavy atom. The molecule has 0 spiro atoms. The van der Waals surface area contributed by atoms with Crippen LogP contribution in [0.1, 0.15) is 35.1 Å². The number of amides is 1. The second-order valence-corrected chi connectivity index (χ2v) is 5.00. The molecule has 2 aromatic rings. The van der Waals surface area contributed by atoms with Gasteiger partial charge in [-0.3, -0.25) is 4.79 Å². The van der Waals surface area contributed by atoms with Crippen molar-refractivity contribution in [2.75, 3.05) is 13.1 Å². The predicted molar refractivity (Wildman–Crippen MR) is 74.3 cm³/mol. The zero-order valence-electron chi connectivity index (χ0n) is 11.3. The van der Waals surface area contributed by atoms with Crippen molar-refractivity contribution in [1.82, 2.24) is 25.6 Å². The molecule has 6 nitrogen and oxygen atoms in total. The molecule has 0 unspecified atom stereocenters. The summed E-state index contributed by atoms with van der Waals surface area (Å²) in [6, 6.07) is 10.1. The highest BCUT2D eigenvalue weighted by atomic mass is 16.2. The third kappa shape index (κ3) is 2.55. The Balaban J connectivity index is 1.65. The smallest absolute Gasteiger partial charge is 0.273 e. The van der Waals surface area contributed by atoms with Gasteiger partial charge in [0.2, 0.25) is 0 Å². The van der Waals surface area contributed by atoms with Gasteiger partial charge in [-0.05, 0) is 12.5 Å². The van der Waals surface area contributed by atoms with E-state index < -0.39 is 0 Å². The van der Waals surface area contributed by atoms with E-state index in [0.717, 1.165) is 18.7 Å². The lowest BCUT2D eigenvalue weighted by atomic mass is 10.1. The van der Waals surface area contributed by atoms with Crippen LogP contribution in [0.4, 0.5) is 0 Å². The molecule has 6 heteroatoms. The van der Waals surface area contributed by atoms with E-state index in [1.54, 1.807) is 10.9 Å².